The third kappa shape index (κ3) is 3.65. The SMILES string of the molecule is Cc1ccc2nc(NC(=O)c3ccc(OCCF)cc3)sc2c1. The van der Waals surface area contributed by atoms with E-state index in [-0.39, 0.29) is 12.5 Å². The molecule has 1 N–H and O–H groups in total. The number of rotatable bonds is 5. The van der Waals surface area contributed by atoms with Gasteiger partial charge in [-0.3, -0.25) is 10.1 Å². The number of benzene rings is 2. The molecule has 118 valence electrons. The lowest BCUT2D eigenvalue weighted by Crippen LogP contribution is -2.11. The molecule has 0 bridgehead atoms. The Morgan fingerprint density at radius 3 is 2.78 bits per heavy atom. The van der Waals surface area contributed by atoms with Crippen molar-refractivity contribution < 1.29 is 13.9 Å². The zero-order valence-corrected chi connectivity index (χ0v) is 13.3. The summed E-state index contributed by atoms with van der Waals surface area (Å²) in [5.41, 5.74) is 2.52. The zero-order chi connectivity index (χ0) is 16.2. The summed E-state index contributed by atoms with van der Waals surface area (Å²) in [6, 6.07) is 12.5. The highest BCUT2D eigenvalue weighted by Crippen LogP contribution is 2.27. The number of aryl methyl sites for hydroxylation is 1. The number of alkyl halides is 1. The molecule has 0 aliphatic heterocycles. The number of carbonyl (C=O) groups is 1. The van der Waals surface area contributed by atoms with E-state index in [2.05, 4.69) is 10.3 Å². The van der Waals surface area contributed by atoms with Crippen LogP contribution in [-0.2, 0) is 0 Å². The van der Waals surface area contributed by atoms with Crippen LogP contribution in [0.25, 0.3) is 10.2 Å². The van der Waals surface area contributed by atoms with Gasteiger partial charge in [-0.25, -0.2) is 9.37 Å². The summed E-state index contributed by atoms with van der Waals surface area (Å²) in [5, 5.41) is 3.36. The monoisotopic (exact) mass is 330 g/mol. The number of aromatic nitrogens is 1. The summed E-state index contributed by atoms with van der Waals surface area (Å²) >= 11 is 1.44. The smallest absolute Gasteiger partial charge is 0.257 e. The van der Waals surface area contributed by atoms with Crippen LogP contribution in [0.2, 0.25) is 0 Å². The van der Waals surface area contributed by atoms with Crippen LogP contribution >= 0.6 is 11.3 Å². The van der Waals surface area contributed by atoms with Gasteiger partial charge in [0, 0.05) is 5.56 Å². The molecular formula is C17H15FN2O2S. The Morgan fingerprint density at radius 1 is 1.26 bits per heavy atom. The summed E-state index contributed by atoms with van der Waals surface area (Å²) in [4.78, 5) is 16.6. The Labute approximate surface area is 136 Å². The highest BCUT2D eigenvalue weighted by Gasteiger charge is 2.10. The molecule has 4 nitrogen and oxygen atoms in total. The van der Waals surface area contributed by atoms with Crippen LogP contribution in [0.4, 0.5) is 9.52 Å². The van der Waals surface area contributed by atoms with Gasteiger partial charge < -0.3 is 4.74 Å². The fraction of sp³-hybridized carbons (Fsp3) is 0.176. The number of ether oxygens (including phenoxy) is 1. The molecule has 0 aliphatic carbocycles. The Hall–Kier alpha value is -2.47. The van der Waals surface area contributed by atoms with Crippen molar-refractivity contribution in [1.29, 1.82) is 0 Å². The Balaban J connectivity index is 1.72. The van der Waals surface area contributed by atoms with E-state index in [0.29, 0.717) is 16.4 Å². The van der Waals surface area contributed by atoms with Crippen LogP contribution < -0.4 is 10.1 Å². The molecule has 1 heterocycles. The van der Waals surface area contributed by atoms with Gasteiger partial charge in [0.25, 0.3) is 5.91 Å². The van der Waals surface area contributed by atoms with Crippen molar-refractivity contribution in [3.63, 3.8) is 0 Å². The number of hydrogen-bond donors (Lipinski definition) is 1. The van der Waals surface area contributed by atoms with Gasteiger partial charge in [-0.05, 0) is 48.9 Å². The first-order valence-electron chi connectivity index (χ1n) is 7.13. The second kappa shape index (κ2) is 6.75. The molecule has 0 aliphatic rings. The molecule has 0 atom stereocenters. The molecule has 23 heavy (non-hydrogen) atoms. The maximum absolute atomic E-state index is 12.2. The first kappa shape index (κ1) is 15.4. The van der Waals surface area contributed by atoms with Gasteiger partial charge in [0.15, 0.2) is 5.13 Å². The molecule has 0 unspecified atom stereocenters. The molecule has 3 rings (SSSR count). The van der Waals surface area contributed by atoms with Crippen molar-refractivity contribution in [1.82, 2.24) is 4.98 Å². The van der Waals surface area contributed by atoms with E-state index in [9.17, 15) is 9.18 Å². The van der Waals surface area contributed by atoms with Crippen molar-refractivity contribution in [3.05, 3.63) is 53.6 Å². The largest absolute Gasteiger partial charge is 0.491 e. The number of carbonyl (C=O) groups excluding carboxylic acids is 1. The summed E-state index contributed by atoms with van der Waals surface area (Å²) in [5.74, 6) is 0.299. The quantitative estimate of drug-likeness (QED) is 0.762. The molecule has 2 aromatic carbocycles. The van der Waals surface area contributed by atoms with Crippen LogP contribution in [-0.4, -0.2) is 24.2 Å². The fourth-order valence-corrected chi connectivity index (χ4v) is 3.07. The van der Waals surface area contributed by atoms with Crippen molar-refractivity contribution >= 4 is 32.6 Å². The summed E-state index contributed by atoms with van der Waals surface area (Å²) in [7, 11) is 0. The van der Waals surface area contributed by atoms with Gasteiger partial charge in [-0.2, -0.15) is 0 Å². The average molecular weight is 330 g/mol. The second-order valence-corrected chi connectivity index (χ2v) is 6.04. The minimum absolute atomic E-state index is 0.0106. The third-order valence-electron chi connectivity index (χ3n) is 3.23. The van der Waals surface area contributed by atoms with E-state index in [1.807, 2.05) is 25.1 Å². The van der Waals surface area contributed by atoms with Gasteiger partial charge in [0.2, 0.25) is 0 Å². The molecule has 6 heteroatoms. The maximum atomic E-state index is 12.2. The van der Waals surface area contributed by atoms with E-state index >= 15 is 0 Å². The van der Waals surface area contributed by atoms with E-state index in [1.54, 1.807) is 24.3 Å². The molecule has 0 saturated heterocycles. The molecule has 0 fully saturated rings. The summed E-state index contributed by atoms with van der Waals surface area (Å²) < 4.78 is 18.2. The van der Waals surface area contributed by atoms with Crippen LogP contribution in [0.5, 0.6) is 5.75 Å². The van der Waals surface area contributed by atoms with Crippen molar-refractivity contribution in [3.8, 4) is 5.75 Å². The molecule has 1 aromatic heterocycles. The number of halogens is 1. The third-order valence-corrected chi connectivity index (χ3v) is 4.16. The van der Waals surface area contributed by atoms with Gasteiger partial charge in [0.05, 0.1) is 10.2 Å². The molecule has 0 radical (unpaired) electrons. The van der Waals surface area contributed by atoms with Crippen molar-refractivity contribution in [2.24, 2.45) is 0 Å². The van der Waals surface area contributed by atoms with Gasteiger partial charge in [-0.15, -0.1) is 0 Å². The molecule has 0 spiro atoms. The normalized spacial score (nSPS) is 10.7. The summed E-state index contributed by atoms with van der Waals surface area (Å²) in [6.45, 7) is 1.49. The second-order valence-electron chi connectivity index (χ2n) is 5.01. The van der Waals surface area contributed by atoms with Gasteiger partial charge in [0.1, 0.15) is 19.0 Å². The Kier molecular flexibility index (Phi) is 4.52. The first-order chi connectivity index (χ1) is 11.2. The standard InChI is InChI=1S/C17H15FN2O2S/c1-11-2-7-14-15(10-11)23-17(19-14)20-16(21)12-3-5-13(6-4-12)22-9-8-18/h2-7,10H,8-9H2,1H3,(H,19,20,21). The highest BCUT2D eigenvalue weighted by molar-refractivity contribution is 7.22. The first-order valence-corrected chi connectivity index (χ1v) is 7.95. The molecule has 0 saturated carbocycles. The lowest BCUT2D eigenvalue weighted by Gasteiger charge is -2.05. The van der Waals surface area contributed by atoms with Crippen LogP contribution in [0.1, 0.15) is 15.9 Å². The number of hydrogen-bond acceptors (Lipinski definition) is 4. The van der Waals surface area contributed by atoms with Gasteiger partial charge >= 0.3 is 0 Å². The highest BCUT2D eigenvalue weighted by atomic mass is 32.1. The number of thiazole rings is 1. The maximum Gasteiger partial charge on any atom is 0.257 e. The molecule has 3 aromatic rings. The van der Waals surface area contributed by atoms with E-state index in [1.165, 1.54) is 11.3 Å². The Bertz CT molecular complexity index is 830. The minimum atomic E-state index is -0.542. The van der Waals surface area contributed by atoms with Gasteiger partial charge in [-0.1, -0.05) is 17.4 Å². The van der Waals surface area contributed by atoms with Crippen molar-refractivity contribution in [2.75, 3.05) is 18.6 Å². The lowest BCUT2D eigenvalue weighted by molar-refractivity contribution is 0.102. The number of fused-ring (bicyclic) bond motifs is 1. The van der Waals surface area contributed by atoms with E-state index in [4.69, 9.17) is 4.74 Å². The average Bonchev–Trinajstić information content (AvgIpc) is 2.94. The van der Waals surface area contributed by atoms with Crippen LogP contribution in [0, 0.1) is 6.92 Å². The number of amides is 1. The van der Waals surface area contributed by atoms with E-state index < -0.39 is 6.67 Å². The van der Waals surface area contributed by atoms with E-state index in [0.717, 1.165) is 15.8 Å². The molecular weight excluding hydrogens is 315 g/mol. The summed E-state index contributed by atoms with van der Waals surface area (Å²) in [6.07, 6.45) is 0. The predicted octanol–water partition coefficient (Wildman–Crippen LogP) is 4.21. The Morgan fingerprint density at radius 2 is 2.04 bits per heavy atom. The number of nitrogens with zero attached hydrogens (tertiary/aromatic N) is 1. The minimum Gasteiger partial charge on any atom is -0.491 e. The van der Waals surface area contributed by atoms with Crippen LogP contribution in [0.15, 0.2) is 42.5 Å². The fourth-order valence-electron chi connectivity index (χ4n) is 2.11. The van der Waals surface area contributed by atoms with Crippen molar-refractivity contribution in [2.45, 2.75) is 6.92 Å². The zero-order valence-electron chi connectivity index (χ0n) is 12.5. The number of anilines is 1. The topological polar surface area (TPSA) is 51.2 Å². The predicted molar refractivity (Wildman–Crippen MR) is 90.2 cm³/mol. The number of nitrogens with one attached hydrogen (secondary N) is 1. The van der Waals surface area contributed by atoms with Crippen LogP contribution in [0.3, 0.4) is 0 Å². The lowest BCUT2D eigenvalue weighted by atomic mass is 10.2. The molecule has 1 amide bonds.